The summed E-state index contributed by atoms with van der Waals surface area (Å²) in [5.41, 5.74) is 7.34. The number of aryl methyl sites for hydroxylation is 2. The molecule has 3 aliphatic rings. The third-order valence-corrected chi connectivity index (χ3v) is 10.1. The number of carbonyl (C=O) groups excluding carboxylic acids is 1. The lowest BCUT2D eigenvalue weighted by atomic mass is 9.81. The summed E-state index contributed by atoms with van der Waals surface area (Å²) in [6, 6.07) is 14.3. The minimum absolute atomic E-state index is 0.0296. The van der Waals surface area contributed by atoms with Crippen LogP contribution in [-0.4, -0.2) is 66.5 Å². The van der Waals surface area contributed by atoms with Gasteiger partial charge in [-0.1, -0.05) is 12.1 Å². The topological polar surface area (TPSA) is 94.0 Å². The van der Waals surface area contributed by atoms with Gasteiger partial charge in [-0.25, -0.2) is 9.97 Å². The summed E-state index contributed by atoms with van der Waals surface area (Å²) in [5, 5.41) is 11.4. The summed E-state index contributed by atoms with van der Waals surface area (Å²) in [6.07, 6.45) is 4.39. The molecule has 1 fully saturated rings. The standard InChI is InChI=1S/C31H38N7O2P/c1-20-17-23(37-14-13-28(39)36(3)15-16-37)10-12-27(20)33-31-32-19-22-9-11-26-21(2)35-38(30(26)29(22)34-31)24-7-6-8-25(18-24)41(4,5)40/h6-8,10,12,17-19,26,30H,9,11,13-16H2,1-5H3,(H,32,33,34). The number of carbonyl (C=O) groups is 1. The summed E-state index contributed by atoms with van der Waals surface area (Å²) in [5.74, 6) is 1.02. The van der Waals surface area contributed by atoms with Gasteiger partial charge in [0.15, 0.2) is 0 Å². The predicted octanol–water partition coefficient (Wildman–Crippen LogP) is 4.94. The molecule has 3 heterocycles. The van der Waals surface area contributed by atoms with E-state index in [1.165, 1.54) is 0 Å². The lowest BCUT2D eigenvalue weighted by Gasteiger charge is -2.33. The van der Waals surface area contributed by atoms with Crippen LogP contribution in [0.15, 0.2) is 53.8 Å². The number of fused-ring (bicyclic) bond motifs is 3. The molecule has 0 radical (unpaired) electrons. The number of nitrogens with zero attached hydrogens (tertiary/aromatic N) is 6. The Balaban J connectivity index is 1.27. The number of likely N-dealkylation sites (N-methyl/N-ethyl adjacent to an activating group) is 1. The fraction of sp³-hybridized carbons (Fsp3) is 0.419. The molecule has 1 aromatic heterocycles. The fourth-order valence-electron chi connectivity index (χ4n) is 6.10. The van der Waals surface area contributed by atoms with E-state index in [1.54, 1.807) is 13.3 Å². The van der Waals surface area contributed by atoms with Crippen LogP contribution in [0.4, 0.5) is 23.0 Å². The van der Waals surface area contributed by atoms with Gasteiger partial charge in [-0.15, -0.1) is 0 Å². The number of hydrogen-bond acceptors (Lipinski definition) is 8. The number of benzene rings is 2. The molecule has 9 nitrogen and oxygen atoms in total. The third kappa shape index (κ3) is 5.35. The summed E-state index contributed by atoms with van der Waals surface area (Å²) >= 11 is 0. The molecule has 1 N–H and O–H groups in total. The van der Waals surface area contributed by atoms with Gasteiger partial charge in [0.05, 0.1) is 11.4 Å². The zero-order chi connectivity index (χ0) is 28.9. The zero-order valence-electron chi connectivity index (χ0n) is 24.5. The lowest BCUT2D eigenvalue weighted by molar-refractivity contribution is -0.129. The van der Waals surface area contributed by atoms with Gasteiger partial charge in [0.2, 0.25) is 11.9 Å². The molecule has 1 saturated heterocycles. The number of amides is 1. The molecule has 1 amide bonds. The second kappa shape index (κ2) is 10.6. The van der Waals surface area contributed by atoms with Gasteiger partial charge >= 0.3 is 0 Å². The van der Waals surface area contributed by atoms with E-state index >= 15 is 0 Å². The maximum Gasteiger partial charge on any atom is 0.227 e. The van der Waals surface area contributed by atoms with E-state index in [2.05, 4.69) is 52.3 Å². The zero-order valence-corrected chi connectivity index (χ0v) is 25.4. The highest BCUT2D eigenvalue weighted by Gasteiger charge is 2.42. The number of aromatic nitrogens is 2. The van der Waals surface area contributed by atoms with E-state index in [9.17, 15) is 9.36 Å². The molecule has 0 bridgehead atoms. The molecule has 0 spiro atoms. The Labute approximate surface area is 242 Å². The van der Waals surface area contributed by atoms with Crippen LogP contribution in [-0.2, 0) is 15.8 Å². The monoisotopic (exact) mass is 571 g/mol. The van der Waals surface area contributed by atoms with Crippen LogP contribution in [0, 0.1) is 12.8 Å². The normalized spacial score (nSPS) is 20.9. The molecule has 6 rings (SSSR count). The molecular weight excluding hydrogens is 533 g/mol. The van der Waals surface area contributed by atoms with Crippen LogP contribution in [0.5, 0.6) is 0 Å². The molecule has 10 heteroatoms. The average Bonchev–Trinajstić information content (AvgIpc) is 3.20. The van der Waals surface area contributed by atoms with Crippen LogP contribution < -0.4 is 20.5 Å². The number of rotatable bonds is 5. The van der Waals surface area contributed by atoms with E-state index in [0.717, 1.165) is 77.4 Å². The highest BCUT2D eigenvalue weighted by atomic mass is 31.2. The largest absolute Gasteiger partial charge is 0.369 e. The van der Waals surface area contributed by atoms with Crippen molar-refractivity contribution in [1.82, 2.24) is 14.9 Å². The van der Waals surface area contributed by atoms with Crippen LogP contribution in [0.25, 0.3) is 0 Å². The fourth-order valence-corrected chi connectivity index (χ4v) is 6.99. The van der Waals surface area contributed by atoms with E-state index in [0.29, 0.717) is 12.4 Å². The van der Waals surface area contributed by atoms with Gasteiger partial charge in [0, 0.05) is 67.6 Å². The van der Waals surface area contributed by atoms with Crippen molar-refractivity contribution >= 4 is 47.1 Å². The third-order valence-electron chi connectivity index (χ3n) is 8.61. The molecule has 1 aliphatic carbocycles. The Hall–Kier alpha value is -3.71. The minimum Gasteiger partial charge on any atom is -0.369 e. The SMILES string of the molecule is CC1=NN(c2cccc(P(C)(C)=O)c2)C2c3nc(Nc4ccc(N5CCC(=O)N(C)CC5)cc4C)ncc3CCC12. The van der Waals surface area contributed by atoms with Gasteiger partial charge in [-0.2, -0.15) is 5.10 Å². The number of nitrogens with one attached hydrogen (secondary N) is 1. The molecule has 3 aromatic rings. The van der Waals surface area contributed by atoms with Gasteiger partial charge in [0.25, 0.3) is 0 Å². The molecule has 214 valence electrons. The second-order valence-corrected chi connectivity index (χ2v) is 15.0. The van der Waals surface area contributed by atoms with Crippen molar-refractivity contribution in [2.24, 2.45) is 11.0 Å². The van der Waals surface area contributed by atoms with E-state index < -0.39 is 7.14 Å². The van der Waals surface area contributed by atoms with Crippen LogP contribution >= 0.6 is 7.14 Å². The Morgan fingerprint density at radius 2 is 1.83 bits per heavy atom. The first-order chi connectivity index (χ1) is 19.6. The molecule has 2 aliphatic heterocycles. The summed E-state index contributed by atoms with van der Waals surface area (Å²) in [7, 11) is -0.536. The second-order valence-electron chi connectivity index (χ2n) is 11.8. The van der Waals surface area contributed by atoms with Crippen molar-refractivity contribution in [3.05, 3.63) is 65.5 Å². The minimum atomic E-state index is -2.41. The highest BCUT2D eigenvalue weighted by molar-refractivity contribution is 7.70. The molecular formula is C31H38N7O2P. The molecule has 2 aromatic carbocycles. The van der Waals surface area contributed by atoms with Gasteiger partial charge < -0.3 is 19.7 Å². The number of hydrogen-bond donors (Lipinski definition) is 1. The van der Waals surface area contributed by atoms with Gasteiger partial charge in [-0.3, -0.25) is 9.80 Å². The van der Waals surface area contributed by atoms with E-state index in [4.69, 9.17) is 10.1 Å². The van der Waals surface area contributed by atoms with E-state index in [1.807, 2.05) is 42.4 Å². The maximum absolute atomic E-state index is 12.8. The number of hydrazone groups is 1. The smallest absolute Gasteiger partial charge is 0.227 e. The van der Waals surface area contributed by atoms with Crippen LogP contribution in [0.1, 0.15) is 42.6 Å². The van der Waals surface area contributed by atoms with Crippen molar-refractivity contribution in [3.63, 3.8) is 0 Å². The van der Waals surface area contributed by atoms with Crippen molar-refractivity contribution in [1.29, 1.82) is 0 Å². The molecule has 2 atom stereocenters. The maximum atomic E-state index is 12.8. The first-order valence-corrected chi connectivity index (χ1v) is 16.9. The van der Waals surface area contributed by atoms with Crippen LogP contribution in [0.3, 0.4) is 0 Å². The van der Waals surface area contributed by atoms with E-state index in [-0.39, 0.29) is 17.9 Å². The number of anilines is 4. The highest BCUT2D eigenvalue weighted by Crippen LogP contribution is 2.45. The van der Waals surface area contributed by atoms with Crippen molar-refractivity contribution in [2.45, 2.75) is 39.2 Å². The summed E-state index contributed by atoms with van der Waals surface area (Å²) in [6.45, 7) is 10.1. The molecule has 2 unspecified atom stereocenters. The van der Waals surface area contributed by atoms with Crippen molar-refractivity contribution in [2.75, 3.05) is 55.2 Å². The quantitative estimate of drug-likeness (QED) is 0.434. The first-order valence-electron chi connectivity index (χ1n) is 14.3. The van der Waals surface area contributed by atoms with Crippen molar-refractivity contribution in [3.8, 4) is 0 Å². The van der Waals surface area contributed by atoms with Crippen molar-refractivity contribution < 1.29 is 9.36 Å². The average molecular weight is 572 g/mol. The Bertz CT molecular complexity index is 1580. The first kappa shape index (κ1) is 27.5. The Morgan fingerprint density at radius 1 is 1.00 bits per heavy atom. The summed E-state index contributed by atoms with van der Waals surface area (Å²) < 4.78 is 12.8. The lowest BCUT2D eigenvalue weighted by Crippen LogP contribution is -2.31. The summed E-state index contributed by atoms with van der Waals surface area (Å²) in [4.78, 5) is 25.9. The predicted molar refractivity (Wildman–Crippen MR) is 167 cm³/mol. The van der Waals surface area contributed by atoms with Gasteiger partial charge in [-0.05, 0) is 81.5 Å². The Kier molecular flexibility index (Phi) is 7.10. The molecule has 41 heavy (non-hydrogen) atoms. The van der Waals surface area contributed by atoms with Crippen LogP contribution in [0.2, 0.25) is 0 Å². The molecule has 0 saturated carbocycles. The Morgan fingerprint density at radius 3 is 2.61 bits per heavy atom. The van der Waals surface area contributed by atoms with Gasteiger partial charge in [0.1, 0.15) is 13.2 Å².